The summed E-state index contributed by atoms with van der Waals surface area (Å²) in [5, 5.41) is 0. The zero-order valence-corrected chi connectivity index (χ0v) is 13.2. The lowest BCUT2D eigenvalue weighted by Crippen LogP contribution is -1.98. The smallest absolute Gasteiger partial charge is 0.233 e. The van der Waals surface area contributed by atoms with Crippen molar-refractivity contribution in [3.63, 3.8) is 0 Å². The van der Waals surface area contributed by atoms with E-state index in [1.807, 2.05) is 36.4 Å². The first kappa shape index (κ1) is 13.3. The van der Waals surface area contributed by atoms with Gasteiger partial charge in [-0.25, -0.2) is 9.97 Å². The highest BCUT2D eigenvalue weighted by Crippen LogP contribution is 2.21. The lowest BCUT2D eigenvalue weighted by Gasteiger charge is -2.07. The molecule has 0 aliphatic rings. The molecule has 3 nitrogen and oxygen atoms in total. The largest absolute Gasteiger partial charge is 0.472 e. The van der Waals surface area contributed by atoms with Gasteiger partial charge in [0.05, 0.1) is 11.7 Å². The summed E-state index contributed by atoms with van der Waals surface area (Å²) in [6, 6.07) is 14.2. The van der Waals surface area contributed by atoms with Crippen molar-refractivity contribution in [1.29, 1.82) is 0 Å². The third kappa shape index (κ3) is 2.90. The number of hydrogen-bond donors (Lipinski definition) is 0. The second-order valence-corrected chi connectivity index (χ2v) is 5.76. The van der Waals surface area contributed by atoms with E-state index in [-0.39, 0.29) is 0 Å². The van der Waals surface area contributed by atoms with E-state index in [1.54, 1.807) is 6.20 Å². The molecular formula is C16H13IN2O. The number of aromatic nitrogens is 2. The fourth-order valence-electron chi connectivity index (χ4n) is 2.00. The second kappa shape index (κ2) is 5.75. The maximum absolute atomic E-state index is 5.70. The van der Waals surface area contributed by atoms with E-state index in [9.17, 15) is 0 Å². The summed E-state index contributed by atoms with van der Waals surface area (Å²) in [5.41, 5.74) is 4.09. The van der Waals surface area contributed by atoms with Crippen LogP contribution in [0.15, 0.2) is 48.7 Å². The lowest BCUT2D eigenvalue weighted by molar-refractivity contribution is 0.294. The Kier molecular flexibility index (Phi) is 3.82. The number of aryl methyl sites for hydroxylation is 1. The predicted octanol–water partition coefficient (Wildman–Crippen LogP) is 4.12. The van der Waals surface area contributed by atoms with Gasteiger partial charge in [-0.3, -0.25) is 0 Å². The van der Waals surface area contributed by atoms with Crippen molar-refractivity contribution in [3.8, 4) is 5.88 Å². The third-order valence-corrected chi connectivity index (χ3v) is 3.77. The van der Waals surface area contributed by atoms with E-state index >= 15 is 0 Å². The Morgan fingerprint density at radius 3 is 2.75 bits per heavy atom. The zero-order chi connectivity index (χ0) is 13.9. The summed E-state index contributed by atoms with van der Waals surface area (Å²) >= 11 is 2.28. The minimum atomic E-state index is 0.504. The van der Waals surface area contributed by atoms with Crippen LogP contribution in [0.4, 0.5) is 0 Å². The van der Waals surface area contributed by atoms with Crippen molar-refractivity contribution in [1.82, 2.24) is 9.97 Å². The van der Waals surface area contributed by atoms with Crippen LogP contribution in [-0.2, 0) is 6.61 Å². The van der Waals surface area contributed by atoms with Gasteiger partial charge >= 0.3 is 0 Å². The van der Waals surface area contributed by atoms with Crippen LogP contribution in [0.2, 0.25) is 0 Å². The number of benzene rings is 2. The molecule has 100 valence electrons. The number of rotatable bonds is 3. The Labute approximate surface area is 131 Å². The van der Waals surface area contributed by atoms with E-state index in [0.29, 0.717) is 12.5 Å². The van der Waals surface area contributed by atoms with Crippen LogP contribution in [0, 0.1) is 10.5 Å². The van der Waals surface area contributed by atoms with Gasteiger partial charge in [-0.1, -0.05) is 30.3 Å². The van der Waals surface area contributed by atoms with Gasteiger partial charge in [0.1, 0.15) is 12.1 Å². The minimum Gasteiger partial charge on any atom is -0.472 e. The lowest BCUT2D eigenvalue weighted by atomic mass is 10.2. The molecule has 0 saturated carbocycles. The molecule has 4 heteroatoms. The molecule has 0 saturated heterocycles. The Hall–Kier alpha value is -1.69. The van der Waals surface area contributed by atoms with E-state index in [1.165, 1.54) is 5.56 Å². The molecule has 0 aliphatic heterocycles. The number of fused-ring (bicyclic) bond motifs is 1. The average Bonchev–Trinajstić information content (AvgIpc) is 2.45. The Bertz CT molecular complexity index is 744. The average molecular weight is 376 g/mol. The minimum absolute atomic E-state index is 0.504. The van der Waals surface area contributed by atoms with Crippen LogP contribution in [0.3, 0.4) is 0 Å². The molecular weight excluding hydrogens is 363 g/mol. The number of ether oxygens (including phenoxy) is 1. The molecule has 1 heterocycles. The first-order chi connectivity index (χ1) is 9.72. The molecule has 1 aromatic heterocycles. The Morgan fingerprint density at radius 1 is 1.15 bits per heavy atom. The number of nitrogens with zero attached hydrogens (tertiary/aromatic N) is 2. The van der Waals surface area contributed by atoms with Gasteiger partial charge < -0.3 is 4.74 Å². The highest BCUT2D eigenvalue weighted by molar-refractivity contribution is 14.1. The molecule has 0 atom stereocenters. The predicted molar refractivity (Wildman–Crippen MR) is 87.8 cm³/mol. The van der Waals surface area contributed by atoms with Crippen molar-refractivity contribution in [3.05, 3.63) is 63.4 Å². The van der Waals surface area contributed by atoms with Crippen LogP contribution in [0.1, 0.15) is 11.1 Å². The summed E-state index contributed by atoms with van der Waals surface area (Å²) in [6.45, 7) is 2.56. The molecule has 2 aromatic carbocycles. The van der Waals surface area contributed by atoms with Gasteiger partial charge in [-0.2, -0.15) is 0 Å². The molecule has 3 rings (SSSR count). The first-order valence-electron chi connectivity index (χ1n) is 6.32. The monoisotopic (exact) mass is 376 g/mol. The van der Waals surface area contributed by atoms with E-state index in [2.05, 4.69) is 45.5 Å². The molecule has 0 aliphatic carbocycles. The van der Waals surface area contributed by atoms with E-state index in [4.69, 9.17) is 4.74 Å². The highest BCUT2D eigenvalue weighted by Gasteiger charge is 2.05. The van der Waals surface area contributed by atoms with Gasteiger partial charge in [0.25, 0.3) is 0 Å². The van der Waals surface area contributed by atoms with Crippen molar-refractivity contribution in [2.45, 2.75) is 13.5 Å². The summed E-state index contributed by atoms with van der Waals surface area (Å²) in [4.78, 5) is 8.96. The highest BCUT2D eigenvalue weighted by atomic mass is 127. The number of halogens is 1. The standard InChI is InChI=1S/C16H13IN2O/c1-11-7-13(17)16-14(8-11)19-15(9-18-16)20-10-12-5-3-2-4-6-12/h2-9H,10H2,1H3. The first-order valence-corrected chi connectivity index (χ1v) is 7.40. The van der Waals surface area contributed by atoms with Gasteiger partial charge in [0, 0.05) is 3.57 Å². The zero-order valence-electron chi connectivity index (χ0n) is 11.0. The van der Waals surface area contributed by atoms with Crippen molar-refractivity contribution in [2.75, 3.05) is 0 Å². The topological polar surface area (TPSA) is 35.0 Å². The fraction of sp³-hybridized carbons (Fsp3) is 0.125. The van der Waals surface area contributed by atoms with Crippen LogP contribution in [0.25, 0.3) is 11.0 Å². The third-order valence-electron chi connectivity index (χ3n) is 2.95. The SMILES string of the molecule is Cc1cc(I)c2ncc(OCc3ccccc3)nc2c1. The molecule has 0 fully saturated rings. The quantitative estimate of drug-likeness (QED) is 0.645. The molecule has 20 heavy (non-hydrogen) atoms. The van der Waals surface area contributed by atoms with Crippen LogP contribution in [0.5, 0.6) is 5.88 Å². The maximum Gasteiger partial charge on any atom is 0.233 e. The van der Waals surface area contributed by atoms with E-state index < -0.39 is 0 Å². The van der Waals surface area contributed by atoms with Gasteiger partial charge in [0.2, 0.25) is 5.88 Å². The molecule has 0 unspecified atom stereocenters. The van der Waals surface area contributed by atoms with Crippen LogP contribution < -0.4 is 4.74 Å². The van der Waals surface area contributed by atoms with Gasteiger partial charge in [-0.15, -0.1) is 0 Å². The molecule has 0 spiro atoms. The van der Waals surface area contributed by atoms with Crippen molar-refractivity contribution >= 4 is 33.6 Å². The summed E-state index contributed by atoms with van der Waals surface area (Å²) in [5.74, 6) is 0.558. The maximum atomic E-state index is 5.70. The number of hydrogen-bond acceptors (Lipinski definition) is 3. The summed E-state index contributed by atoms with van der Waals surface area (Å²) in [6.07, 6.45) is 1.68. The second-order valence-electron chi connectivity index (χ2n) is 4.60. The molecule has 0 amide bonds. The normalized spacial score (nSPS) is 10.7. The fourth-order valence-corrected chi connectivity index (χ4v) is 2.90. The van der Waals surface area contributed by atoms with Crippen molar-refractivity contribution < 1.29 is 4.74 Å². The summed E-state index contributed by atoms with van der Waals surface area (Å²) in [7, 11) is 0. The van der Waals surface area contributed by atoms with Gasteiger partial charge in [-0.05, 0) is 52.8 Å². The van der Waals surface area contributed by atoms with Crippen molar-refractivity contribution in [2.24, 2.45) is 0 Å². The molecule has 0 bridgehead atoms. The van der Waals surface area contributed by atoms with E-state index in [0.717, 1.165) is 20.2 Å². The van der Waals surface area contributed by atoms with Gasteiger partial charge in [0.15, 0.2) is 0 Å². The molecule has 3 aromatic rings. The molecule has 0 radical (unpaired) electrons. The van der Waals surface area contributed by atoms with Crippen LogP contribution >= 0.6 is 22.6 Å². The Morgan fingerprint density at radius 2 is 1.95 bits per heavy atom. The summed E-state index contributed by atoms with van der Waals surface area (Å²) < 4.78 is 6.81. The van der Waals surface area contributed by atoms with Crippen LogP contribution in [-0.4, -0.2) is 9.97 Å². The Balaban J connectivity index is 1.86. The molecule has 0 N–H and O–H groups in total.